The maximum absolute atomic E-state index is 13.6. The van der Waals surface area contributed by atoms with E-state index in [-0.39, 0.29) is 12.0 Å². The number of aryl methyl sites for hydroxylation is 1. The fourth-order valence-electron chi connectivity index (χ4n) is 3.26. The number of carbonyl (C=O) groups excluding carboxylic acids is 1. The Morgan fingerprint density at radius 3 is 2.87 bits per heavy atom. The van der Waals surface area contributed by atoms with Crippen LogP contribution in [0.1, 0.15) is 28.1 Å². The van der Waals surface area contributed by atoms with Crippen LogP contribution in [0.15, 0.2) is 42.5 Å². The van der Waals surface area contributed by atoms with Gasteiger partial charge >= 0.3 is 0 Å². The maximum Gasteiger partial charge on any atom is 0.261 e. The number of amides is 1. The number of nitrogens with zero attached hydrogens (tertiary/aromatic N) is 1. The van der Waals surface area contributed by atoms with Gasteiger partial charge in [0.15, 0.2) is 16.8 Å². The van der Waals surface area contributed by atoms with Crippen molar-refractivity contribution in [1.29, 1.82) is 0 Å². The highest BCUT2D eigenvalue weighted by molar-refractivity contribution is 7.16. The summed E-state index contributed by atoms with van der Waals surface area (Å²) >= 11 is 1.26. The molecular formula is C22H20F2N2O3S. The fraction of sp³-hybridized carbons (Fsp3) is 0.273. The van der Waals surface area contributed by atoms with Crippen LogP contribution < -0.4 is 10.1 Å². The van der Waals surface area contributed by atoms with E-state index in [0.717, 1.165) is 36.5 Å². The van der Waals surface area contributed by atoms with Crippen molar-refractivity contribution in [1.82, 2.24) is 4.98 Å². The molecule has 1 unspecified atom stereocenters. The summed E-state index contributed by atoms with van der Waals surface area (Å²) in [7, 11) is 0. The molecule has 30 heavy (non-hydrogen) atoms. The number of thiazole rings is 1. The van der Waals surface area contributed by atoms with Gasteiger partial charge in [-0.05, 0) is 50.1 Å². The highest BCUT2D eigenvalue weighted by Gasteiger charge is 2.20. The Hall–Kier alpha value is -2.84. The number of ether oxygens (including phenoxy) is 2. The third kappa shape index (κ3) is 4.49. The van der Waals surface area contributed by atoms with E-state index < -0.39 is 11.6 Å². The average Bonchev–Trinajstić information content (AvgIpc) is 3.38. The van der Waals surface area contributed by atoms with E-state index in [4.69, 9.17) is 9.47 Å². The van der Waals surface area contributed by atoms with Gasteiger partial charge in [-0.15, -0.1) is 11.3 Å². The van der Waals surface area contributed by atoms with Gasteiger partial charge in [0.2, 0.25) is 0 Å². The van der Waals surface area contributed by atoms with Crippen LogP contribution in [0.2, 0.25) is 0 Å². The quantitative estimate of drug-likeness (QED) is 0.583. The SMILES string of the molecule is Cc1sc(NC(=O)c2ccccc2OCC2CCCO2)nc1-c1ccc(F)c(F)c1. The molecular weight excluding hydrogens is 410 g/mol. The first-order valence-electron chi connectivity index (χ1n) is 9.59. The van der Waals surface area contributed by atoms with E-state index in [9.17, 15) is 13.6 Å². The van der Waals surface area contributed by atoms with E-state index >= 15 is 0 Å². The monoisotopic (exact) mass is 430 g/mol. The third-order valence-electron chi connectivity index (χ3n) is 4.79. The van der Waals surface area contributed by atoms with Crippen molar-refractivity contribution < 1.29 is 23.0 Å². The average molecular weight is 430 g/mol. The molecule has 1 atom stereocenters. The molecule has 0 saturated carbocycles. The van der Waals surface area contributed by atoms with E-state index in [0.29, 0.717) is 34.3 Å². The number of benzene rings is 2. The molecule has 0 radical (unpaired) electrons. The minimum Gasteiger partial charge on any atom is -0.490 e. The summed E-state index contributed by atoms with van der Waals surface area (Å²) in [6.07, 6.45) is 2.00. The van der Waals surface area contributed by atoms with Gasteiger partial charge in [-0.25, -0.2) is 13.8 Å². The number of para-hydroxylation sites is 1. The molecule has 3 aromatic rings. The molecule has 5 nitrogen and oxygen atoms in total. The second-order valence-corrected chi connectivity index (χ2v) is 8.15. The molecule has 1 N–H and O–H groups in total. The molecule has 1 aliphatic heterocycles. The first kappa shape index (κ1) is 20.4. The summed E-state index contributed by atoms with van der Waals surface area (Å²) in [5, 5.41) is 3.14. The minimum atomic E-state index is -0.942. The molecule has 1 fully saturated rings. The summed E-state index contributed by atoms with van der Waals surface area (Å²) < 4.78 is 38.2. The summed E-state index contributed by atoms with van der Waals surface area (Å²) in [6, 6.07) is 10.6. The van der Waals surface area contributed by atoms with Gasteiger partial charge < -0.3 is 9.47 Å². The predicted molar refractivity (Wildman–Crippen MR) is 111 cm³/mol. The molecule has 156 valence electrons. The topological polar surface area (TPSA) is 60.5 Å². The summed E-state index contributed by atoms with van der Waals surface area (Å²) in [5.41, 5.74) is 1.33. The molecule has 1 aliphatic rings. The van der Waals surface area contributed by atoms with Crippen LogP contribution in [0.25, 0.3) is 11.3 Å². The normalized spacial score (nSPS) is 15.9. The number of anilines is 1. The molecule has 0 bridgehead atoms. The lowest BCUT2D eigenvalue weighted by atomic mass is 10.1. The highest BCUT2D eigenvalue weighted by atomic mass is 32.1. The number of hydrogen-bond donors (Lipinski definition) is 1. The molecule has 4 rings (SSSR count). The van der Waals surface area contributed by atoms with Crippen molar-refractivity contribution in [2.45, 2.75) is 25.9 Å². The van der Waals surface area contributed by atoms with Gasteiger partial charge in [0.25, 0.3) is 5.91 Å². The lowest BCUT2D eigenvalue weighted by molar-refractivity contribution is 0.0673. The number of carbonyl (C=O) groups is 1. The smallest absolute Gasteiger partial charge is 0.261 e. The van der Waals surface area contributed by atoms with Crippen molar-refractivity contribution in [3.63, 3.8) is 0 Å². The van der Waals surface area contributed by atoms with Crippen molar-refractivity contribution >= 4 is 22.4 Å². The number of nitrogens with one attached hydrogen (secondary N) is 1. The molecule has 2 aromatic carbocycles. The van der Waals surface area contributed by atoms with Crippen molar-refractivity contribution in [2.24, 2.45) is 0 Å². The Morgan fingerprint density at radius 2 is 2.10 bits per heavy atom. The van der Waals surface area contributed by atoms with Crippen LogP contribution in [-0.4, -0.2) is 30.2 Å². The van der Waals surface area contributed by atoms with Gasteiger partial charge in [0.05, 0.1) is 17.4 Å². The van der Waals surface area contributed by atoms with E-state index in [1.807, 2.05) is 6.92 Å². The minimum absolute atomic E-state index is 0.0430. The molecule has 1 amide bonds. The number of hydrogen-bond acceptors (Lipinski definition) is 5. The largest absolute Gasteiger partial charge is 0.490 e. The van der Waals surface area contributed by atoms with Gasteiger partial charge in [0, 0.05) is 17.0 Å². The van der Waals surface area contributed by atoms with E-state index in [2.05, 4.69) is 10.3 Å². The predicted octanol–water partition coefficient (Wildman–Crippen LogP) is 5.21. The Kier molecular flexibility index (Phi) is 6.06. The maximum atomic E-state index is 13.6. The van der Waals surface area contributed by atoms with Crippen LogP contribution >= 0.6 is 11.3 Å². The van der Waals surface area contributed by atoms with Crippen LogP contribution in [0, 0.1) is 18.6 Å². The van der Waals surface area contributed by atoms with Crippen molar-refractivity contribution in [2.75, 3.05) is 18.5 Å². The molecule has 8 heteroatoms. The van der Waals surface area contributed by atoms with E-state index in [1.54, 1.807) is 24.3 Å². The fourth-order valence-corrected chi connectivity index (χ4v) is 4.10. The van der Waals surface area contributed by atoms with Gasteiger partial charge in [0.1, 0.15) is 12.4 Å². The Bertz CT molecular complexity index is 1060. The Balaban J connectivity index is 1.50. The molecule has 2 heterocycles. The standard InChI is InChI=1S/C22H20F2N2O3S/c1-13-20(14-8-9-17(23)18(24)11-14)25-22(30-13)26-21(27)16-6-2-3-7-19(16)29-12-15-5-4-10-28-15/h2-3,6-9,11,15H,4-5,10,12H2,1H3,(H,25,26,27). The second-order valence-electron chi connectivity index (χ2n) is 6.95. The van der Waals surface area contributed by atoms with Crippen molar-refractivity contribution in [3.05, 3.63) is 64.5 Å². The molecule has 0 aliphatic carbocycles. The first-order valence-corrected chi connectivity index (χ1v) is 10.4. The Morgan fingerprint density at radius 1 is 1.27 bits per heavy atom. The molecule has 1 aromatic heterocycles. The molecule has 1 saturated heterocycles. The highest BCUT2D eigenvalue weighted by Crippen LogP contribution is 2.32. The number of halogens is 2. The van der Waals surface area contributed by atoms with Crippen LogP contribution in [0.5, 0.6) is 5.75 Å². The number of rotatable bonds is 6. The zero-order valence-electron chi connectivity index (χ0n) is 16.3. The number of aromatic nitrogens is 1. The van der Waals surface area contributed by atoms with Crippen LogP contribution in [-0.2, 0) is 4.74 Å². The molecule has 0 spiro atoms. The Labute approximate surface area is 176 Å². The van der Waals surface area contributed by atoms with Crippen molar-refractivity contribution in [3.8, 4) is 17.0 Å². The summed E-state index contributed by atoms with van der Waals surface area (Å²) in [6.45, 7) is 2.93. The zero-order valence-corrected chi connectivity index (χ0v) is 17.1. The zero-order chi connectivity index (χ0) is 21.1. The second kappa shape index (κ2) is 8.89. The van der Waals surface area contributed by atoms with Gasteiger partial charge in [-0.3, -0.25) is 10.1 Å². The first-order chi connectivity index (χ1) is 14.5. The van der Waals surface area contributed by atoms with Gasteiger partial charge in [-0.1, -0.05) is 12.1 Å². The third-order valence-corrected chi connectivity index (χ3v) is 5.68. The van der Waals surface area contributed by atoms with Crippen LogP contribution in [0.4, 0.5) is 13.9 Å². The summed E-state index contributed by atoms with van der Waals surface area (Å²) in [5.74, 6) is -1.74. The lowest BCUT2D eigenvalue weighted by Gasteiger charge is -2.14. The lowest BCUT2D eigenvalue weighted by Crippen LogP contribution is -2.19. The van der Waals surface area contributed by atoms with E-state index in [1.165, 1.54) is 17.4 Å². The summed E-state index contributed by atoms with van der Waals surface area (Å²) in [4.78, 5) is 18.0. The van der Waals surface area contributed by atoms with Gasteiger partial charge in [-0.2, -0.15) is 0 Å². The van der Waals surface area contributed by atoms with Crippen LogP contribution in [0.3, 0.4) is 0 Å².